The summed E-state index contributed by atoms with van der Waals surface area (Å²) in [6.45, 7) is 12.1. The quantitative estimate of drug-likeness (QED) is 0.356. The minimum Gasteiger partial charge on any atom is -0.491 e. The van der Waals surface area contributed by atoms with Gasteiger partial charge in [0.05, 0.1) is 23.4 Å². The van der Waals surface area contributed by atoms with Crippen molar-refractivity contribution >= 4 is 17.1 Å². The molecule has 0 unspecified atom stereocenters. The highest BCUT2D eigenvalue weighted by Gasteiger charge is 2.13. The van der Waals surface area contributed by atoms with Crippen molar-refractivity contribution in [3.8, 4) is 28.3 Å². The number of fused-ring (bicyclic) bond motifs is 1. The summed E-state index contributed by atoms with van der Waals surface area (Å²) in [6, 6.07) is 20.2. The van der Waals surface area contributed by atoms with Crippen LogP contribution in [0.25, 0.3) is 33.9 Å². The van der Waals surface area contributed by atoms with Crippen molar-refractivity contribution in [1.82, 2.24) is 15.0 Å². The van der Waals surface area contributed by atoms with E-state index in [1.165, 1.54) is 0 Å². The normalized spacial score (nSPS) is 11.3. The first-order valence-corrected chi connectivity index (χ1v) is 10.5. The van der Waals surface area contributed by atoms with Crippen molar-refractivity contribution in [2.24, 2.45) is 0 Å². The summed E-state index contributed by atoms with van der Waals surface area (Å²) >= 11 is 0. The van der Waals surface area contributed by atoms with Gasteiger partial charge >= 0.3 is 0 Å². The molecule has 4 aromatic rings. The summed E-state index contributed by atoms with van der Waals surface area (Å²) in [4.78, 5) is 0. The molecule has 0 saturated heterocycles. The van der Waals surface area contributed by atoms with Gasteiger partial charge in [-0.05, 0) is 92.9 Å². The van der Waals surface area contributed by atoms with Gasteiger partial charge < -0.3 is 9.47 Å². The Labute approximate surface area is 182 Å². The molecule has 158 valence electrons. The Kier molecular flexibility index (Phi) is 5.76. The summed E-state index contributed by atoms with van der Waals surface area (Å²) < 4.78 is 13.4. The summed E-state index contributed by atoms with van der Waals surface area (Å²) in [6.07, 6.45) is 2.13. The van der Waals surface area contributed by atoms with E-state index >= 15 is 0 Å². The van der Waals surface area contributed by atoms with Gasteiger partial charge in [0.2, 0.25) is 0 Å². The maximum atomic E-state index is 5.78. The van der Waals surface area contributed by atoms with Crippen molar-refractivity contribution in [1.29, 1.82) is 0 Å². The molecule has 0 spiro atoms. The van der Waals surface area contributed by atoms with Gasteiger partial charge in [-0.25, -0.2) is 4.68 Å². The fourth-order valence-electron chi connectivity index (χ4n) is 3.52. The molecular weight excluding hydrogens is 386 g/mol. The van der Waals surface area contributed by atoms with Gasteiger partial charge in [0.1, 0.15) is 17.0 Å². The highest BCUT2D eigenvalue weighted by molar-refractivity contribution is 5.88. The Balaban J connectivity index is 1.74. The van der Waals surface area contributed by atoms with E-state index in [4.69, 9.17) is 9.47 Å². The van der Waals surface area contributed by atoms with Gasteiger partial charge in [0.15, 0.2) is 0 Å². The van der Waals surface area contributed by atoms with Crippen molar-refractivity contribution in [3.63, 3.8) is 0 Å². The Morgan fingerprint density at radius 3 is 1.97 bits per heavy atom. The number of hydrogen-bond acceptors (Lipinski definition) is 4. The predicted molar refractivity (Wildman–Crippen MR) is 126 cm³/mol. The van der Waals surface area contributed by atoms with Crippen LogP contribution in [0.4, 0.5) is 0 Å². The SMILES string of the molecule is C=Cc1cc2nnn(-c3ccc(OC(C)C)cc3)c2cc1-c1ccc(OC(C)C)cc1. The summed E-state index contributed by atoms with van der Waals surface area (Å²) in [5, 5.41) is 8.75. The molecule has 0 fully saturated rings. The van der Waals surface area contributed by atoms with Crippen molar-refractivity contribution in [3.05, 3.63) is 72.8 Å². The molecule has 5 heteroatoms. The zero-order valence-electron chi connectivity index (χ0n) is 18.4. The van der Waals surface area contributed by atoms with Crippen LogP contribution in [0.15, 0.2) is 67.2 Å². The Bertz CT molecular complexity index is 1190. The molecule has 3 aromatic carbocycles. The average molecular weight is 414 g/mol. The van der Waals surface area contributed by atoms with Crippen LogP contribution in [0.1, 0.15) is 33.3 Å². The van der Waals surface area contributed by atoms with Crippen molar-refractivity contribution in [2.45, 2.75) is 39.9 Å². The number of benzene rings is 3. The van der Waals surface area contributed by atoms with Crippen LogP contribution in [0.3, 0.4) is 0 Å². The molecule has 0 aliphatic carbocycles. The summed E-state index contributed by atoms with van der Waals surface area (Å²) in [5.41, 5.74) is 5.85. The standard InChI is InChI=1S/C26H27N3O2/c1-6-19-15-25-26(16-24(19)20-7-11-22(12-8-20)30-17(2)3)29(28-27-25)21-9-13-23(14-10-21)31-18(4)5/h6-18H,1H2,2-5H3. The number of nitrogens with zero attached hydrogens (tertiary/aromatic N) is 3. The molecule has 1 aromatic heterocycles. The van der Waals surface area contributed by atoms with E-state index in [2.05, 4.69) is 35.1 Å². The van der Waals surface area contributed by atoms with Crippen LogP contribution >= 0.6 is 0 Å². The minimum absolute atomic E-state index is 0.134. The Morgan fingerprint density at radius 2 is 1.42 bits per heavy atom. The van der Waals surface area contributed by atoms with Gasteiger partial charge in [-0.3, -0.25) is 0 Å². The van der Waals surface area contributed by atoms with Gasteiger partial charge in [-0.15, -0.1) is 5.10 Å². The molecule has 31 heavy (non-hydrogen) atoms. The van der Waals surface area contributed by atoms with E-state index in [-0.39, 0.29) is 12.2 Å². The molecular formula is C26H27N3O2. The lowest BCUT2D eigenvalue weighted by atomic mass is 9.98. The third-order valence-electron chi connectivity index (χ3n) is 4.83. The third-order valence-corrected chi connectivity index (χ3v) is 4.83. The van der Waals surface area contributed by atoms with E-state index in [1.807, 2.05) is 80.9 Å². The molecule has 0 bridgehead atoms. The maximum absolute atomic E-state index is 5.78. The molecule has 4 rings (SSSR count). The van der Waals surface area contributed by atoms with Gasteiger partial charge in [0.25, 0.3) is 0 Å². The van der Waals surface area contributed by atoms with Gasteiger partial charge in [-0.2, -0.15) is 0 Å². The molecule has 0 amide bonds. The summed E-state index contributed by atoms with van der Waals surface area (Å²) in [7, 11) is 0. The third kappa shape index (κ3) is 4.45. The van der Waals surface area contributed by atoms with Gasteiger partial charge in [-0.1, -0.05) is 30.0 Å². The lowest BCUT2D eigenvalue weighted by Crippen LogP contribution is -2.05. The van der Waals surface area contributed by atoms with E-state index in [0.29, 0.717) is 0 Å². The zero-order chi connectivity index (χ0) is 22.0. The first-order valence-electron chi connectivity index (χ1n) is 10.5. The van der Waals surface area contributed by atoms with Crippen LogP contribution in [0.5, 0.6) is 11.5 Å². The molecule has 5 nitrogen and oxygen atoms in total. The zero-order valence-corrected chi connectivity index (χ0v) is 18.4. The summed E-state index contributed by atoms with van der Waals surface area (Å²) in [5.74, 6) is 1.69. The van der Waals surface area contributed by atoms with Crippen LogP contribution in [0, 0.1) is 0 Å². The molecule has 0 atom stereocenters. The second-order valence-corrected chi connectivity index (χ2v) is 7.99. The van der Waals surface area contributed by atoms with E-state index < -0.39 is 0 Å². The van der Waals surface area contributed by atoms with Crippen molar-refractivity contribution < 1.29 is 9.47 Å². The lowest BCUT2D eigenvalue weighted by Gasteiger charge is -2.12. The number of ether oxygens (including phenoxy) is 2. The van der Waals surface area contributed by atoms with Crippen LogP contribution < -0.4 is 9.47 Å². The molecule has 0 aliphatic rings. The van der Waals surface area contributed by atoms with Crippen LogP contribution in [0.2, 0.25) is 0 Å². The molecule has 0 saturated carbocycles. The minimum atomic E-state index is 0.134. The lowest BCUT2D eigenvalue weighted by molar-refractivity contribution is 0.242. The Hall–Kier alpha value is -3.60. The monoisotopic (exact) mass is 413 g/mol. The highest BCUT2D eigenvalue weighted by Crippen LogP contribution is 2.31. The molecule has 0 radical (unpaired) electrons. The fourth-order valence-corrected chi connectivity index (χ4v) is 3.52. The van der Waals surface area contributed by atoms with Gasteiger partial charge in [0, 0.05) is 0 Å². The van der Waals surface area contributed by atoms with Crippen LogP contribution in [-0.2, 0) is 0 Å². The predicted octanol–water partition coefficient (Wildman–Crippen LogP) is 6.30. The smallest absolute Gasteiger partial charge is 0.119 e. The molecule has 0 N–H and O–H groups in total. The van der Waals surface area contributed by atoms with E-state index in [0.717, 1.165) is 44.9 Å². The second kappa shape index (κ2) is 8.64. The fraction of sp³-hybridized carbons (Fsp3) is 0.231. The second-order valence-electron chi connectivity index (χ2n) is 7.99. The first kappa shape index (κ1) is 20.7. The number of aromatic nitrogens is 3. The molecule has 0 aliphatic heterocycles. The maximum Gasteiger partial charge on any atom is 0.119 e. The first-order chi connectivity index (χ1) is 14.9. The number of hydrogen-bond donors (Lipinski definition) is 0. The Morgan fingerprint density at radius 1 is 0.839 bits per heavy atom. The highest BCUT2D eigenvalue weighted by atomic mass is 16.5. The van der Waals surface area contributed by atoms with E-state index in [9.17, 15) is 0 Å². The largest absolute Gasteiger partial charge is 0.491 e. The van der Waals surface area contributed by atoms with E-state index in [1.54, 1.807) is 0 Å². The average Bonchev–Trinajstić information content (AvgIpc) is 3.16. The number of rotatable bonds is 7. The van der Waals surface area contributed by atoms with Crippen LogP contribution in [-0.4, -0.2) is 27.2 Å². The van der Waals surface area contributed by atoms with Crippen molar-refractivity contribution in [2.75, 3.05) is 0 Å². The molecule has 1 heterocycles. The topological polar surface area (TPSA) is 49.2 Å².